The smallest absolute Gasteiger partial charge is 0.291 e. The second-order valence-corrected chi connectivity index (χ2v) is 4.93. The van der Waals surface area contributed by atoms with Crippen LogP contribution in [0.1, 0.15) is 27.2 Å². The third-order valence-electron chi connectivity index (χ3n) is 1.69. The van der Waals surface area contributed by atoms with Gasteiger partial charge in [0.1, 0.15) is 0 Å². The Morgan fingerprint density at radius 1 is 1.43 bits per heavy atom. The third-order valence-corrected chi connectivity index (χ3v) is 2.79. The first-order valence-corrected chi connectivity index (χ1v) is 5.57. The molecule has 0 spiro atoms. The van der Waals surface area contributed by atoms with Crippen LogP contribution in [0, 0.1) is 5.92 Å². The SMILES string of the molecule is CC(C(N)=O)=C(CC(C)C)S(=O)(=O)O. The molecule has 0 rings (SSSR count). The molecule has 5 nitrogen and oxygen atoms in total. The van der Waals surface area contributed by atoms with Crippen LogP contribution in [0.25, 0.3) is 0 Å². The Kier molecular flexibility index (Phi) is 4.28. The first-order valence-electron chi connectivity index (χ1n) is 4.13. The van der Waals surface area contributed by atoms with Gasteiger partial charge >= 0.3 is 0 Å². The second-order valence-electron chi connectivity index (χ2n) is 3.49. The molecular weight excluding hydrogens is 206 g/mol. The molecule has 0 bridgehead atoms. The lowest BCUT2D eigenvalue weighted by atomic mass is 10.1. The van der Waals surface area contributed by atoms with Gasteiger partial charge in [-0.25, -0.2) is 0 Å². The minimum Gasteiger partial charge on any atom is -0.366 e. The molecule has 0 aliphatic rings. The van der Waals surface area contributed by atoms with E-state index in [2.05, 4.69) is 0 Å². The molecule has 0 radical (unpaired) electrons. The summed E-state index contributed by atoms with van der Waals surface area (Å²) >= 11 is 0. The van der Waals surface area contributed by atoms with Crippen molar-refractivity contribution < 1.29 is 17.8 Å². The van der Waals surface area contributed by atoms with Gasteiger partial charge < -0.3 is 5.73 Å². The van der Waals surface area contributed by atoms with Crippen molar-refractivity contribution in [1.82, 2.24) is 0 Å². The molecule has 0 unspecified atom stereocenters. The van der Waals surface area contributed by atoms with Crippen molar-refractivity contribution in [3.63, 3.8) is 0 Å². The van der Waals surface area contributed by atoms with E-state index in [1.165, 1.54) is 6.92 Å². The highest BCUT2D eigenvalue weighted by Crippen LogP contribution is 2.19. The van der Waals surface area contributed by atoms with Crippen LogP contribution in [0.5, 0.6) is 0 Å². The minimum atomic E-state index is -4.33. The lowest BCUT2D eigenvalue weighted by Crippen LogP contribution is -2.18. The molecular formula is C8H15NO4S. The zero-order valence-electron chi connectivity index (χ0n) is 8.44. The van der Waals surface area contributed by atoms with Gasteiger partial charge in [-0.15, -0.1) is 0 Å². The van der Waals surface area contributed by atoms with Gasteiger partial charge in [0.25, 0.3) is 10.1 Å². The summed E-state index contributed by atoms with van der Waals surface area (Å²) in [6.45, 7) is 4.84. The van der Waals surface area contributed by atoms with E-state index in [9.17, 15) is 13.2 Å². The highest BCUT2D eigenvalue weighted by atomic mass is 32.2. The maximum atomic E-state index is 10.9. The zero-order valence-corrected chi connectivity index (χ0v) is 9.26. The minimum absolute atomic E-state index is 0.0150. The number of nitrogens with two attached hydrogens (primary N) is 1. The molecule has 3 N–H and O–H groups in total. The molecule has 1 amide bonds. The largest absolute Gasteiger partial charge is 0.366 e. The van der Waals surface area contributed by atoms with Crippen molar-refractivity contribution in [1.29, 1.82) is 0 Å². The van der Waals surface area contributed by atoms with E-state index in [1.807, 2.05) is 0 Å². The van der Waals surface area contributed by atoms with Crippen molar-refractivity contribution in [2.45, 2.75) is 27.2 Å². The van der Waals surface area contributed by atoms with Crippen LogP contribution >= 0.6 is 0 Å². The molecule has 14 heavy (non-hydrogen) atoms. The predicted molar refractivity (Wildman–Crippen MR) is 52.9 cm³/mol. The summed E-state index contributed by atoms with van der Waals surface area (Å²) in [7, 11) is -4.33. The van der Waals surface area contributed by atoms with E-state index in [1.54, 1.807) is 13.8 Å². The standard InChI is InChI=1S/C8H15NO4S/c1-5(2)4-7(14(11,12)13)6(3)8(9)10/h5H,4H2,1-3H3,(H2,9,10)(H,11,12,13). The fourth-order valence-electron chi connectivity index (χ4n) is 0.960. The summed E-state index contributed by atoms with van der Waals surface area (Å²) in [5, 5.41) is 0. The maximum Gasteiger partial charge on any atom is 0.291 e. The van der Waals surface area contributed by atoms with Gasteiger partial charge in [-0.1, -0.05) is 13.8 Å². The summed E-state index contributed by atoms with van der Waals surface area (Å²) in [5.41, 5.74) is 4.83. The van der Waals surface area contributed by atoms with Crippen LogP contribution in [-0.2, 0) is 14.9 Å². The van der Waals surface area contributed by atoms with E-state index in [4.69, 9.17) is 10.3 Å². The number of carbonyl (C=O) groups excluding carboxylic acids is 1. The number of allylic oxidation sites excluding steroid dienone is 1. The van der Waals surface area contributed by atoms with E-state index < -0.39 is 16.0 Å². The molecule has 6 heteroatoms. The fourth-order valence-corrected chi connectivity index (χ4v) is 1.99. The molecule has 0 atom stereocenters. The average Bonchev–Trinajstić information content (AvgIpc) is 1.96. The summed E-state index contributed by atoms with van der Waals surface area (Å²) in [6, 6.07) is 0. The quantitative estimate of drug-likeness (QED) is 0.538. The van der Waals surface area contributed by atoms with Crippen molar-refractivity contribution in [2.75, 3.05) is 0 Å². The van der Waals surface area contributed by atoms with Gasteiger partial charge in [0.2, 0.25) is 5.91 Å². The first kappa shape index (κ1) is 13.1. The van der Waals surface area contributed by atoms with E-state index in [0.717, 1.165) is 0 Å². The number of amides is 1. The molecule has 0 heterocycles. The van der Waals surface area contributed by atoms with Crippen molar-refractivity contribution in [2.24, 2.45) is 11.7 Å². The van der Waals surface area contributed by atoms with Crippen LogP contribution < -0.4 is 5.73 Å². The molecule has 0 aromatic rings. The van der Waals surface area contributed by atoms with Crippen LogP contribution in [-0.4, -0.2) is 18.9 Å². The van der Waals surface area contributed by atoms with Gasteiger partial charge in [-0.2, -0.15) is 8.42 Å². The fraction of sp³-hybridized carbons (Fsp3) is 0.625. The van der Waals surface area contributed by atoms with Crippen molar-refractivity contribution in [3.8, 4) is 0 Å². The second kappa shape index (κ2) is 4.56. The molecule has 0 aromatic carbocycles. The monoisotopic (exact) mass is 221 g/mol. The number of hydrogen-bond acceptors (Lipinski definition) is 3. The Balaban J connectivity index is 5.33. The van der Waals surface area contributed by atoms with Gasteiger partial charge in [-0.05, 0) is 19.3 Å². The number of hydrogen-bond donors (Lipinski definition) is 2. The van der Waals surface area contributed by atoms with E-state index >= 15 is 0 Å². The molecule has 0 aromatic heterocycles. The lowest BCUT2D eigenvalue weighted by Gasteiger charge is -2.09. The molecule has 0 fully saturated rings. The third kappa shape index (κ3) is 3.89. The summed E-state index contributed by atoms with van der Waals surface area (Å²) in [6.07, 6.45) is 0.105. The molecule has 82 valence electrons. The Hall–Kier alpha value is -0.880. The Morgan fingerprint density at radius 2 is 1.86 bits per heavy atom. The van der Waals surface area contributed by atoms with E-state index in [0.29, 0.717) is 0 Å². The Labute approximate surface area is 83.7 Å². The Bertz CT molecular complexity index is 354. The number of primary amides is 1. The molecule has 0 saturated heterocycles. The predicted octanol–water partition coefficient (Wildman–Crippen LogP) is 0.680. The van der Waals surface area contributed by atoms with Crippen LogP contribution in [0.2, 0.25) is 0 Å². The maximum absolute atomic E-state index is 10.9. The average molecular weight is 221 g/mol. The van der Waals surface area contributed by atoms with Gasteiger partial charge in [0.05, 0.1) is 4.91 Å². The highest BCUT2D eigenvalue weighted by molar-refractivity contribution is 7.89. The van der Waals surface area contributed by atoms with Gasteiger partial charge in [-0.3, -0.25) is 9.35 Å². The van der Waals surface area contributed by atoms with Crippen LogP contribution in [0.3, 0.4) is 0 Å². The molecule has 0 aliphatic heterocycles. The Morgan fingerprint density at radius 3 is 2.07 bits per heavy atom. The van der Waals surface area contributed by atoms with Gasteiger partial charge in [0, 0.05) is 5.57 Å². The molecule has 0 aliphatic carbocycles. The van der Waals surface area contributed by atoms with Gasteiger partial charge in [0.15, 0.2) is 0 Å². The summed E-state index contributed by atoms with van der Waals surface area (Å²) < 4.78 is 30.7. The van der Waals surface area contributed by atoms with Crippen molar-refractivity contribution in [3.05, 3.63) is 10.5 Å². The summed E-state index contributed by atoms with van der Waals surface area (Å²) in [5.74, 6) is -0.820. The topological polar surface area (TPSA) is 97.5 Å². The number of rotatable bonds is 4. The highest BCUT2D eigenvalue weighted by Gasteiger charge is 2.20. The van der Waals surface area contributed by atoms with Crippen LogP contribution in [0.15, 0.2) is 10.5 Å². The van der Waals surface area contributed by atoms with E-state index in [-0.39, 0.29) is 22.8 Å². The normalized spacial score (nSPS) is 14.1. The number of carbonyl (C=O) groups is 1. The van der Waals surface area contributed by atoms with Crippen LogP contribution in [0.4, 0.5) is 0 Å². The van der Waals surface area contributed by atoms with Crippen molar-refractivity contribution >= 4 is 16.0 Å². The lowest BCUT2D eigenvalue weighted by molar-refractivity contribution is -0.114. The summed E-state index contributed by atoms with van der Waals surface area (Å²) in [4.78, 5) is 10.5. The molecule has 0 saturated carbocycles. The first-order chi connectivity index (χ1) is 6.16. The zero-order chi connectivity index (χ0) is 11.5.